The number of amides is 1. The van der Waals surface area contributed by atoms with Gasteiger partial charge in [0.1, 0.15) is 0 Å². The standard InChI is InChI=1S/C11H9NO.C2HF3O2/c12-11(13)10-6-5-8-3-1-2-4-9(8)7-10;3-2(4,5)1(6)7/h1-7H,(H2,12,13);(H,6,7). The molecule has 0 atom stereocenters. The van der Waals surface area contributed by atoms with Crippen molar-refractivity contribution in [3.63, 3.8) is 0 Å². The zero-order valence-corrected chi connectivity index (χ0v) is 10.0. The first-order valence-corrected chi connectivity index (χ1v) is 5.30. The van der Waals surface area contributed by atoms with Gasteiger partial charge in [-0.2, -0.15) is 13.2 Å². The fourth-order valence-corrected chi connectivity index (χ4v) is 1.34. The van der Waals surface area contributed by atoms with Gasteiger partial charge in [-0.1, -0.05) is 30.3 Å². The molecule has 0 unspecified atom stereocenters. The Balaban J connectivity index is 0.000000246. The quantitative estimate of drug-likeness (QED) is 0.845. The monoisotopic (exact) mass is 285 g/mol. The molecule has 0 radical (unpaired) electrons. The van der Waals surface area contributed by atoms with Gasteiger partial charge in [-0.3, -0.25) is 4.79 Å². The number of primary amides is 1. The first-order valence-electron chi connectivity index (χ1n) is 5.30. The second-order valence-corrected chi connectivity index (χ2v) is 3.73. The van der Waals surface area contributed by atoms with Gasteiger partial charge in [-0.05, 0) is 22.9 Å². The topological polar surface area (TPSA) is 80.4 Å². The Morgan fingerprint density at radius 2 is 1.50 bits per heavy atom. The number of aliphatic carboxylic acids is 1. The summed E-state index contributed by atoms with van der Waals surface area (Å²) in [5.41, 5.74) is 5.72. The molecule has 0 bridgehead atoms. The van der Waals surface area contributed by atoms with Crippen LogP contribution in [0.3, 0.4) is 0 Å². The van der Waals surface area contributed by atoms with Crippen molar-refractivity contribution in [2.24, 2.45) is 5.73 Å². The van der Waals surface area contributed by atoms with Crippen LogP contribution in [-0.4, -0.2) is 23.2 Å². The first-order chi connectivity index (χ1) is 9.21. The van der Waals surface area contributed by atoms with E-state index in [0.717, 1.165) is 10.8 Å². The highest BCUT2D eigenvalue weighted by Crippen LogP contribution is 2.15. The molecule has 0 aliphatic heterocycles. The predicted molar refractivity (Wildman–Crippen MR) is 66.2 cm³/mol. The molecule has 0 fully saturated rings. The van der Waals surface area contributed by atoms with E-state index in [9.17, 15) is 18.0 Å². The normalized spacial score (nSPS) is 10.6. The summed E-state index contributed by atoms with van der Waals surface area (Å²) in [6, 6.07) is 13.3. The number of hydrogen-bond acceptors (Lipinski definition) is 2. The number of halogens is 3. The molecular formula is C13H10F3NO3. The molecule has 2 aromatic carbocycles. The van der Waals surface area contributed by atoms with E-state index in [1.807, 2.05) is 30.3 Å². The van der Waals surface area contributed by atoms with E-state index in [2.05, 4.69) is 0 Å². The van der Waals surface area contributed by atoms with Gasteiger partial charge in [0.25, 0.3) is 0 Å². The lowest BCUT2D eigenvalue weighted by atomic mass is 10.1. The smallest absolute Gasteiger partial charge is 0.475 e. The maximum Gasteiger partial charge on any atom is 0.490 e. The molecule has 1 amide bonds. The van der Waals surface area contributed by atoms with Crippen LogP contribution in [0.25, 0.3) is 10.8 Å². The van der Waals surface area contributed by atoms with Gasteiger partial charge in [0.2, 0.25) is 5.91 Å². The third-order valence-electron chi connectivity index (χ3n) is 2.28. The highest BCUT2D eigenvalue weighted by molar-refractivity contribution is 5.97. The van der Waals surface area contributed by atoms with Crippen LogP contribution in [0.15, 0.2) is 42.5 Å². The summed E-state index contributed by atoms with van der Waals surface area (Å²) >= 11 is 0. The van der Waals surface area contributed by atoms with Crippen LogP contribution in [0.1, 0.15) is 10.4 Å². The number of fused-ring (bicyclic) bond motifs is 1. The van der Waals surface area contributed by atoms with Gasteiger partial charge in [-0.15, -0.1) is 0 Å². The summed E-state index contributed by atoms with van der Waals surface area (Å²) in [4.78, 5) is 19.8. The van der Waals surface area contributed by atoms with E-state index < -0.39 is 12.1 Å². The van der Waals surface area contributed by atoms with Gasteiger partial charge in [0.05, 0.1) is 0 Å². The van der Waals surface area contributed by atoms with Crippen LogP contribution in [-0.2, 0) is 4.79 Å². The van der Waals surface area contributed by atoms with Crippen molar-refractivity contribution in [2.45, 2.75) is 6.18 Å². The largest absolute Gasteiger partial charge is 0.490 e. The minimum Gasteiger partial charge on any atom is -0.475 e. The lowest BCUT2D eigenvalue weighted by molar-refractivity contribution is -0.192. The number of nitrogens with two attached hydrogens (primary N) is 1. The average molecular weight is 285 g/mol. The number of carboxylic acid groups (broad SMARTS) is 1. The highest BCUT2D eigenvalue weighted by atomic mass is 19.4. The van der Waals surface area contributed by atoms with E-state index in [1.165, 1.54) is 0 Å². The van der Waals surface area contributed by atoms with Crippen LogP contribution in [0.4, 0.5) is 13.2 Å². The molecule has 0 aliphatic carbocycles. The predicted octanol–water partition coefficient (Wildman–Crippen LogP) is 2.57. The van der Waals surface area contributed by atoms with Crippen LogP contribution in [0.5, 0.6) is 0 Å². The van der Waals surface area contributed by atoms with E-state index in [0.29, 0.717) is 5.56 Å². The van der Waals surface area contributed by atoms with Gasteiger partial charge in [0, 0.05) is 5.56 Å². The van der Waals surface area contributed by atoms with Crippen molar-refractivity contribution in [3.05, 3.63) is 48.0 Å². The minimum atomic E-state index is -5.08. The van der Waals surface area contributed by atoms with Crippen molar-refractivity contribution in [3.8, 4) is 0 Å². The molecule has 0 aromatic heterocycles. The lowest BCUT2D eigenvalue weighted by Gasteiger charge is -1.98. The van der Waals surface area contributed by atoms with E-state index >= 15 is 0 Å². The molecule has 3 N–H and O–H groups in total. The third-order valence-corrected chi connectivity index (χ3v) is 2.28. The Hall–Kier alpha value is -2.57. The molecule has 4 nitrogen and oxygen atoms in total. The second kappa shape index (κ2) is 6.05. The minimum absolute atomic E-state index is 0.384. The molecule has 106 valence electrons. The average Bonchev–Trinajstić information content (AvgIpc) is 2.37. The molecule has 0 heterocycles. The highest BCUT2D eigenvalue weighted by Gasteiger charge is 2.38. The van der Waals surface area contributed by atoms with Crippen LogP contribution >= 0.6 is 0 Å². The molecule has 20 heavy (non-hydrogen) atoms. The molecule has 2 aromatic rings. The van der Waals surface area contributed by atoms with E-state index in [-0.39, 0.29) is 5.91 Å². The number of carbonyl (C=O) groups is 2. The molecule has 0 saturated carbocycles. The number of benzene rings is 2. The summed E-state index contributed by atoms with van der Waals surface area (Å²) in [6.07, 6.45) is -5.08. The number of carbonyl (C=O) groups excluding carboxylic acids is 1. The van der Waals surface area contributed by atoms with Crippen molar-refractivity contribution >= 4 is 22.6 Å². The molecule has 0 spiro atoms. The van der Waals surface area contributed by atoms with Gasteiger partial charge < -0.3 is 10.8 Å². The van der Waals surface area contributed by atoms with Crippen LogP contribution < -0.4 is 5.73 Å². The molecule has 0 saturated heterocycles. The SMILES string of the molecule is NC(=O)c1ccc2ccccc2c1.O=C(O)C(F)(F)F. The Morgan fingerprint density at radius 1 is 1.00 bits per heavy atom. The molecular weight excluding hydrogens is 275 g/mol. The fourth-order valence-electron chi connectivity index (χ4n) is 1.34. The Bertz CT molecular complexity index is 638. The zero-order chi connectivity index (χ0) is 15.3. The maximum atomic E-state index is 10.9. The Labute approximate surface area is 111 Å². The van der Waals surface area contributed by atoms with Gasteiger partial charge in [-0.25, -0.2) is 4.79 Å². The van der Waals surface area contributed by atoms with Crippen LogP contribution in [0, 0.1) is 0 Å². The van der Waals surface area contributed by atoms with Crippen molar-refractivity contribution in [1.29, 1.82) is 0 Å². The molecule has 7 heteroatoms. The zero-order valence-electron chi connectivity index (χ0n) is 10.0. The summed E-state index contributed by atoms with van der Waals surface area (Å²) in [5.74, 6) is -3.14. The van der Waals surface area contributed by atoms with Crippen molar-refractivity contribution in [2.75, 3.05) is 0 Å². The number of alkyl halides is 3. The Kier molecular flexibility index (Phi) is 4.68. The van der Waals surface area contributed by atoms with Crippen LogP contribution in [0.2, 0.25) is 0 Å². The summed E-state index contributed by atoms with van der Waals surface area (Å²) in [6.45, 7) is 0. The Morgan fingerprint density at radius 3 is 1.95 bits per heavy atom. The van der Waals surface area contributed by atoms with E-state index in [1.54, 1.807) is 12.1 Å². The lowest BCUT2D eigenvalue weighted by Crippen LogP contribution is -2.21. The number of carboxylic acids is 1. The van der Waals surface area contributed by atoms with Crippen molar-refractivity contribution in [1.82, 2.24) is 0 Å². The van der Waals surface area contributed by atoms with Crippen molar-refractivity contribution < 1.29 is 27.9 Å². The van der Waals surface area contributed by atoms with Gasteiger partial charge in [0.15, 0.2) is 0 Å². The molecule has 2 rings (SSSR count). The molecule has 0 aliphatic rings. The number of hydrogen-bond donors (Lipinski definition) is 2. The second-order valence-electron chi connectivity index (χ2n) is 3.73. The van der Waals surface area contributed by atoms with Gasteiger partial charge >= 0.3 is 12.1 Å². The first kappa shape index (κ1) is 15.5. The van der Waals surface area contributed by atoms with E-state index in [4.69, 9.17) is 15.6 Å². The summed E-state index contributed by atoms with van der Waals surface area (Å²) < 4.78 is 31.7. The maximum absolute atomic E-state index is 10.9. The fraction of sp³-hybridized carbons (Fsp3) is 0.0769. The third kappa shape index (κ3) is 4.27. The number of rotatable bonds is 1. The summed E-state index contributed by atoms with van der Waals surface area (Å²) in [5, 5.41) is 9.28. The summed E-state index contributed by atoms with van der Waals surface area (Å²) in [7, 11) is 0.